The number of carbonyl (C=O) groups is 1. The van der Waals surface area contributed by atoms with Gasteiger partial charge in [-0.3, -0.25) is 4.79 Å². The maximum atomic E-state index is 15.3. The van der Waals surface area contributed by atoms with E-state index in [0.717, 1.165) is 6.20 Å². The summed E-state index contributed by atoms with van der Waals surface area (Å²) < 4.78 is 64.0. The van der Waals surface area contributed by atoms with Crippen molar-refractivity contribution in [3.63, 3.8) is 0 Å². The average Bonchev–Trinajstić information content (AvgIpc) is 3.45. The third-order valence-electron chi connectivity index (χ3n) is 6.30. The first-order valence-electron chi connectivity index (χ1n) is 11.2. The Hall–Kier alpha value is -3.90. The fourth-order valence-corrected chi connectivity index (χ4v) is 4.59. The van der Waals surface area contributed by atoms with Crippen molar-refractivity contribution in [2.24, 2.45) is 0 Å². The van der Waals surface area contributed by atoms with Crippen molar-refractivity contribution in [2.75, 3.05) is 25.5 Å². The van der Waals surface area contributed by atoms with Crippen LogP contribution in [0, 0.1) is 12.7 Å². The topological polar surface area (TPSA) is 89.6 Å². The van der Waals surface area contributed by atoms with Gasteiger partial charge in [0.2, 0.25) is 17.7 Å². The number of fused-ring (bicyclic) bond motifs is 2. The maximum absolute atomic E-state index is 15.3. The van der Waals surface area contributed by atoms with Gasteiger partial charge in [0.05, 0.1) is 49.0 Å². The lowest BCUT2D eigenvalue weighted by molar-refractivity contribution is -0.128. The van der Waals surface area contributed by atoms with Gasteiger partial charge in [-0.1, -0.05) is 6.07 Å². The first-order chi connectivity index (χ1) is 17.2. The number of nitrogens with zero attached hydrogens (tertiary/aromatic N) is 6. The number of carbonyl (C=O) groups excluding carboxylic acids is 1. The third-order valence-corrected chi connectivity index (χ3v) is 6.30. The summed E-state index contributed by atoms with van der Waals surface area (Å²) in [5, 5.41) is 7.14. The summed E-state index contributed by atoms with van der Waals surface area (Å²) in [5.74, 6) is -0.429. The molecule has 5 rings (SSSR count). The van der Waals surface area contributed by atoms with Crippen LogP contribution in [-0.2, 0) is 11.3 Å². The molecule has 0 unspecified atom stereocenters. The number of aryl methyl sites for hydroxylation is 1. The Morgan fingerprint density at radius 1 is 1.28 bits per heavy atom. The number of methoxy groups -OCH3 is 1. The number of alkyl halides is 3. The highest BCUT2D eigenvalue weighted by atomic mass is 19.3. The molecule has 0 saturated carbocycles. The molecule has 0 bridgehead atoms. The number of likely N-dealkylation sites (tertiary alicyclic amines) is 1. The van der Waals surface area contributed by atoms with Crippen LogP contribution < -0.4 is 10.1 Å². The van der Waals surface area contributed by atoms with Gasteiger partial charge in [-0.25, -0.2) is 27.1 Å². The number of nitrogens with one attached hydrogen (secondary N) is 1. The van der Waals surface area contributed by atoms with Crippen molar-refractivity contribution < 1.29 is 27.1 Å². The van der Waals surface area contributed by atoms with Crippen molar-refractivity contribution in [1.82, 2.24) is 29.0 Å². The molecule has 2 atom stereocenters. The van der Waals surface area contributed by atoms with Crippen LogP contribution in [0.3, 0.4) is 0 Å². The molecule has 4 heterocycles. The first-order valence-corrected chi connectivity index (χ1v) is 11.2. The predicted molar refractivity (Wildman–Crippen MR) is 124 cm³/mol. The van der Waals surface area contributed by atoms with Gasteiger partial charge in [-0.05, 0) is 24.6 Å². The van der Waals surface area contributed by atoms with E-state index in [1.165, 1.54) is 28.0 Å². The van der Waals surface area contributed by atoms with Crippen molar-refractivity contribution >= 4 is 28.4 Å². The van der Waals surface area contributed by atoms with E-state index in [-0.39, 0.29) is 41.9 Å². The summed E-state index contributed by atoms with van der Waals surface area (Å²) in [6.45, 7) is 2.55. The second kappa shape index (κ2) is 8.95. The van der Waals surface area contributed by atoms with E-state index in [2.05, 4.69) is 20.4 Å². The lowest BCUT2D eigenvalue weighted by atomic mass is 10.1. The molecule has 13 heteroatoms. The molecule has 3 aromatic heterocycles. The number of ether oxygens (including phenoxy) is 1. The fourth-order valence-electron chi connectivity index (χ4n) is 4.59. The fraction of sp³-hybridized carbons (Fsp3) is 0.391. The molecule has 0 spiro atoms. The van der Waals surface area contributed by atoms with E-state index in [0.29, 0.717) is 22.4 Å². The Balaban J connectivity index is 1.56. The van der Waals surface area contributed by atoms with Crippen LogP contribution in [0.15, 0.2) is 24.4 Å². The van der Waals surface area contributed by atoms with Gasteiger partial charge in [0, 0.05) is 13.5 Å². The number of imidazole rings is 1. The van der Waals surface area contributed by atoms with Crippen LogP contribution in [0.1, 0.15) is 12.7 Å². The maximum Gasteiger partial charge on any atom is 0.256 e. The summed E-state index contributed by atoms with van der Waals surface area (Å²) in [6.07, 6.45) is -2.78. The van der Waals surface area contributed by atoms with Crippen molar-refractivity contribution in [3.05, 3.63) is 36.0 Å². The Morgan fingerprint density at radius 3 is 2.72 bits per heavy atom. The molecule has 9 nitrogen and oxygen atoms in total. The molecule has 1 aliphatic rings. The van der Waals surface area contributed by atoms with Gasteiger partial charge in [-0.2, -0.15) is 4.98 Å². The molecule has 0 radical (unpaired) electrons. The van der Waals surface area contributed by atoms with Gasteiger partial charge in [-0.15, -0.1) is 5.10 Å². The quantitative estimate of drug-likeness (QED) is 0.404. The van der Waals surface area contributed by atoms with Crippen LogP contribution in [-0.4, -0.2) is 73.8 Å². The highest BCUT2D eigenvalue weighted by molar-refractivity contribution is 5.90. The van der Waals surface area contributed by atoms with Gasteiger partial charge in [0.25, 0.3) is 6.43 Å². The van der Waals surface area contributed by atoms with E-state index in [9.17, 15) is 18.0 Å². The van der Waals surface area contributed by atoms with E-state index in [4.69, 9.17) is 4.74 Å². The molecule has 190 valence electrons. The van der Waals surface area contributed by atoms with Crippen molar-refractivity contribution in [1.29, 1.82) is 0 Å². The largest absolute Gasteiger partial charge is 0.479 e. The summed E-state index contributed by atoms with van der Waals surface area (Å²) in [4.78, 5) is 21.6. The van der Waals surface area contributed by atoms with Crippen LogP contribution in [0.25, 0.3) is 27.7 Å². The summed E-state index contributed by atoms with van der Waals surface area (Å²) in [5.41, 5.74) is 1.68. The molecule has 1 saturated heterocycles. The molecule has 1 N–H and O–H groups in total. The standard InChI is InChI=1S/C23H23F4N7O2/c1-11-28-16-5-4-13(6-18(16)33(11)10-19(26)27)20-15(25)8-34-21(20)22(36-3)30-23(31-34)29-17-9-32(12(2)35)7-14(17)24/h4-6,8,14,17,19H,7,9-10H2,1-3H3,(H,29,31)/t14-,17+/m0/s1. The van der Waals surface area contributed by atoms with Gasteiger partial charge in [0.15, 0.2) is 5.82 Å². The molecule has 1 amide bonds. The van der Waals surface area contributed by atoms with E-state index in [1.807, 2.05) is 0 Å². The molecule has 4 aromatic rings. The zero-order valence-electron chi connectivity index (χ0n) is 19.7. The van der Waals surface area contributed by atoms with Crippen LogP contribution in [0.5, 0.6) is 5.88 Å². The Labute approximate surface area is 202 Å². The molecule has 1 fully saturated rings. The number of benzene rings is 1. The van der Waals surface area contributed by atoms with Gasteiger partial charge in [0.1, 0.15) is 17.5 Å². The Morgan fingerprint density at radius 2 is 2.06 bits per heavy atom. The number of amides is 1. The smallest absolute Gasteiger partial charge is 0.256 e. The Bertz CT molecular complexity index is 1470. The molecule has 36 heavy (non-hydrogen) atoms. The number of rotatable bonds is 6. The minimum absolute atomic E-state index is 0.0000359. The van der Waals surface area contributed by atoms with Crippen LogP contribution in [0.4, 0.5) is 23.5 Å². The molecule has 1 aromatic carbocycles. The van der Waals surface area contributed by atoms with Crippen molar-refractivity contribution in [3.8, 4) is 17.0 Å². The highest BCUT2D eigenvalue weighted by Gasteiger charge is 2.35. The zero-order valence-corrected chi connectivity index (χ0v) is 19.7. The second-order valence-corrected chi connectivity index (χ2v) is 8.64. The minimum Gasteiger partial charge on any atom is -0.479 e. The number of halogens is 4. The molecular formula is C23H23F4N7O2. The number of hydrogen-bond donors (Lipinski definition) is 1. The normalized spacial score (nSPS) is 18.1. The van der Waals surface area contributed by atoms with Gasteiger partial charge < -0.3 is 19.5 Å². The summed E-state index contributed by atoms with van der Waals surface area (Å²) in [7, 11) is 1.36. The van der Waals surface area contributed by atoms with E-state index >= 15 is 4.39 Å². The molecule has 1 aliphatic heterocycles. The highest BCUT2D eigenvalue weighted by Crippen LogP contribution is 2.36. The van der Waals surface area contributed by atoms with E-state index < -0.39 is 31.0 Å². The van der Waals surface area contributed by atoms with Crippen molar-refractivity contribution in [2.45, 2.75) is 39.0 Å². The average molecular weight is 505 g/mol. The minimum atomic E-state index is -2.58. The number of hydrogen-bond acceptors (Lipinski definition) is 6. The summed E-state index contributed by atoms with van der Waals surface area (Å²) in [6, 6.07) is 4.11. The van der Waals surface area contributed by atoms with E-state index in [1.54, 1.807) is 25.1 Å². The first kappa shape index (κ1) is 23.8. The van der Waals surface area contributed by atoms with Gasteiger partial charge >= 0.3 is 0 Å². The second-order valence-electron chi connectivity index (χ2n) is 8.64. The third kappa shape index (κ3) is 4.07. The lowest BCUT2D eigenvalue weighted by Gasteiger charge is -2.16. The number of aromatic nitrogens is 5. The Kier molecular flexibility index (Phi) is 5.92. The predicted octanol–water partition coefficient (Wildman–Crippen LogP) is 3.45. The monoisotopic (exact) mass is 505 g/mol. The van der Waals surface area contributed by atoms with Crippen LogP contribution >= 0.6 is 0 Å². The lowest BCUT2D eigenvalue weighted by Crippen LogP contribution is -2.32. The number of anilines is 1. The molecule has 0 aliphatic carbocycles. The SMILES string of the molecule is COc1nc(N[C@@H]2CN(C(C)=O)C[C@@H]2F)nn2cc(F)c(-c3ccc4nc(C)n(CC(F)F)c4c3)c12. The zero-order chi connectivity index (χ0) is 25.7. The summed E-state index contributed by atoms with van der Waals surface area (Å²) >= 11 is 0. The molecular weight excluding hydrogens is 482 g/mol. The van der Waals surface area contributed by atoms with Crippen LogP contribution in [0.2, 0.25) is 0 Å².